The lowest BCUT2D eigenvalue weighted by Gasteiger charge is -2.08. The van der Waals surface area contributed by atoms with E-state index in [-0.39, 0.29) is 16.1 Å². The first kappa shape index (κ1) is 15.2. The summed E-state index contributed by atoms with van der Waals surface area (Å²) in [6.07, 6.45) is 1.40. The van der Waals surface area contributed by atoms with Crippen molar-refractivity contribution in [1.29, 1.82) is 0 Å². The van der Waals surface area contributed by atoms with Gasteiger partial charge < -0.3 is 4.74 Å². The number of hydrogen-bond donors (Lipinski definition) is 0. The number of methoxy groups -OCH3 is 1. The summed E-state index contributed by atoms with van der Waals surface area (Å²) in [5.41, 5.74) is 1.01. The van der Waals surface area contributed by atoms with Crippen LogP contribution in [0.3, 0.4) is 0 Å². The van der Waals surface area contributed by atoms with E-state index in [4.69, 9.17) is 27.9 Å². The Kier molecular flexibility index (Phi) is 5.29. The Morgan fingerprint density at radius 3 is 2.50 bits per heavy atom. The monoisotopic (exact) mass is 314 g/mol. The van der Waals surface area contributed by atoms with Gasteiger partial charge in [-0.15, -0.1) is 0 Å². The number of hydrogen-bond acceptors (Lipinski definition) is 3. The molecule has 1 aromatic heterocycles. The normalized spacial score (nSPS) is 10.8. The number of aromatic nitrogens is 2. The van der Waals surface area contributed by atoms with Gasteiger partial charge in [-0.3, -0.25) is 0 Å². The summed E-state index contributed by atoms with van der Waals surface area (Å²) < 4.78 is 18.2. The first-order chi connectivity index (χ1) is 9.61. The first-order valence-corrected chi connectivity index (χ1v) is 6.84. The zero-order chi connectivity index (χ0) is 14.5. The van der Waals surface area contributed by atoms with Crippen molar-refractivity contribution < 1.29 is 9.13 Å². The van der Waals surface area contributed by atoms with E-state index in [2.05, 4.69) is 9.97 Å². The number of aryl methyl sites for hydroxylation is 1. The number of benzene rings is 1. The molecule has 0 saturated carbocycles. The number of rotatable bonds is 5. The second kappa shape index (κ2) is 6.97. The minimum Gasteiger partial charge on any atom is -0.385 e. The van der Waals surface area contributed by atoms with Gasteiger partial charge >= 0.3 is 0 Å². The summed E-state index contributed by atoms with van der Waals surface area (Å²) in [7, 11) is 1.63. The largest absolute Gasteiger partial charge is 0.385 e. The molecule has 0 radical (unpaired) electrons. The fourth-order valence-electron chi connectivity index (χ4n) is 1.82. The van der Waals surface area contributed by atoms with Crippen molar-refractivity contribution in [3.63, 3.8) is 0 Å². The Morgan fingerprint density at radius 1 is 1.20 bits per heavy atom. The van der Waals surface area contributed by atoms with E-state index in [0.29, 0.717) is 30.0 Å². The Morgan fingerprint density at radius 2 is 1.90 bits per heavy atom. The van der Waals surface area contributed by atoms with Crippen LogP contribution in [0.1, 0.15) is 12.2 Å². The van der Waals surface area contributed by atoms with E-state index in [1.54, 1.807) is 19.2 Å². The van der Waals surface area contributed by atoms with Crippen molar-refractivity contribution in [2.45, 2.75) is 12.8 Å². The Labute approximate surface area is 126 Å². The predicted molar refractivity (Wildman–Crippen MR) is 77.6 cm³/mol. The molecule has 0 atom stereocenters. The second-order valence-electron chi connectivity index (χ2n) is 4.20. The van der Waals surface area contributed by atoms with Crippen LogP contribution in [0.25, 0.3) is 11.1 Å². The molecule has 0 unspecified atom stereocenters. The zero-order valence-corrected chi connectivity index (χ0v) is 12.4. The fourth-order valence-corrected chi connectivity index (χ4v) is 2.46. The quantitative estimate of drug-likeness (QED) is 0.613. The summed E-state index contributed by atoms with van der Waals surface area (Å²) in [5, 5.41) is 0.450. The number of nitrogens with zero attached hydrogens (tertiary/aromatic N) is 2. The van der Waals surface area contributed by atoms with Crippen LogP contribution in [-0.4, -0.2) is 23.7 Å². The first-order valence-electron chi connectivity index (χ1n) is 6.08. The maximum Gasteiger partial charge on any atom is 0.142 e. The fraction of sp³-hybridized carbons (Fsp3) is 0.286. The molecule has 0 spiro atoms. The standard InChI is InChI=1S/C14H13Cl2FN2O/c1-20-7-3-6-11-18-13(15)12(14(16)19-11)9-4-2-5-10(17)8-9/h2,4-5,8H,3,6-7H2,1H3. The Hall–Kier alpha value is -1.23. The molecule has 2 rings (SSSR count). The van der Waals surface area contributed by atoms with Gasteiger partial charge in [0.15, 0.2) is 0 Å². The van der Waals surface area contributed by atoms with Crippen LogP contribution < -0.4 is 0 Å². The van der Waals surface area contributed by atoms with Gasteiger partial charge in [0, 0.05) is 20.1 Å². The minimum atomic E-state index is -0.362. The van der Waals surface area contributed by atoms with Crippen LogP contribution in [0.5, 0.6) is 0 Å². The predicted octanol–water partition coefficient (Wildman–Crippen LogP) is 4.17. The zero-order valence-electron chi connectivity index (χ0n) is 10.9. The molecule has 2 aromatic rings. The van der Waals surface area contributed by atoms with E-state index >= 15 is 0 Å². The lowest BCUT2D eigenvalue weighted by molar-refractivity contribution is 0.194. The smallest absolute Gasteiger partial charge is 0.142 e. The topological polar surface area (TPSA) is 35.0 Å². The van der Waals surface area contributed by atoms with Gasteiger partial charge in [-0.1, -0.05) is 35.3 Å². The number of halogens is 3. The van der Waals surface area contributed by atoms with Crippen molar-refractivity contribution in [3.05, 3.63) is 46.2 Å². The second-order valence-corrected chi connectivity index (χ2v) is 4.92. The van der Waals surface area contributed by atoms with Crippen LogP contribution in [0.15, 0.2) is 24.3 Å². The van der Waals surface area contributed by atoms with Crippen molar-refractivity contribution in [3.8, 4) is 11.1 Å². The molecule has 0 bridgehead atoms. The molecular weight excluding hydrogens is 302 g/mol. The van der Waals surface area contributed by atoms with Gasteiger partial charge in [0.1, 0.15) is 21.9 Å². The highest BCUT2D eigenvalue weighted by molar-refractivity contribution is 6.37. The lowest BCUT2D eigenvalue weighted by atomic mass is 10.1. The van der Waals surface area contributed by atoms with Crippen LogP contribution in [0.4, 0.5) is 4.39 Å². The van der Waals surface area contributed by atoms with E-state index in [9.17, 15) is 4.39 Å². The molecule has 106 valence electrons. The molecule has 0 saturated heterocycles. The summed E-state index contributed by atoms with van der Waals surface area (Å²) in [5.74, 6) is 0.191. The molecule has 0 aliphatic rings. The molecule has 0 amide bonds. The molecule has 0 fully saturated rings. The Balaban J connectivity index is 2.31. The van der Waals surface area contributed by atoms with Gasteiger partial charge in [0.2, 0.25) is 0 Å². The molecule has 1 aromatic carbocycles. The SMILES string of the molecule is COCCCc1nc(Cl)c(-c2cccc(F)c2)c(Cl)n1. The summed E-state index contributed by atoms with van der Waals surface area (Å²) in [6, 6.07) is 6.00. The highest BCUT2D eigenvalue weighted by atomic mass is 35.5. The molecular formula is C14H13Cl2FN2O. The number of ether oxygens (including phenoxy) is 1. The molecule has 0 N–H and O–H groups in total. The highest BCUT2D eigenvalue weighted by Crippen LogP contribution is 2.32. The molecule has 1 heterocycles. The Bertz CT molecular complexity index is 584. The van der Waals surface area contributed by atoms with Crippen LogP contribution in [0.2, 0.25) is 10.3 Å². The maximum atomic E-state index is 13.3. The summed E-state index contributed by atoms with van der Waals surface area (Å²) >= 11 is 12.3. The summed E-state index contributed by atoms with van der Waals surface area (Å²) in [6.45, 7) is 0.615. The van der Waals surface area contributed by atoms with E-state index in [1.807, 2.05) is 0 Å². The van der Waals surface area contributed by atoms with E-state index in [0.717, 1.165) is 6.42 Å². The molecule has 6 heteroatoms. The maximum absolute atomic E-state index is 13.3. The highest BCUT2D eigenvalue weighted by Gasteiger charge is 2.14. The van der Waals surface area contributed by atoms with E-state index in [1.165, 1.54) is 12.1 Å². The van der Waals surface area contributed by atoms with Crippen molar-refractivity contribution in [1.82, 2.24) is 9.97 Å². The van der Waals surface area contributed by atoms with Crippen LogP contribution >= 0.6 is 23.2 Å². The van der Waals surface area contributed by atoms with Crippen LogP contribution in [-0.2, 0) is 11.2 Å². The molecule has 3 nitrogen and oxygen atoms in total. The molecule has 0 aliphatic heterocycles. The van der Waals surface area contributed by atoms with Gasteiger partial charge in [-0.25, -0.2) is 14.4 Å². The third kappa shape index (κ3) is 3.66. The van der Waals surface area contributed by atoms with Gasteiger partial charge in [0.25, 0.3) is 0 Å². The molecule has 20 heavy (non-hydrogen) atoms. The van der Waals surface area contributed by atoms with Gasteiger partial charge in [0.05, 0.1) is 5.56 Å². The van der Waals surface area contributed by atoms with Crippen molar-refractivity contribution in [2.24, 2.45) is 0 Å². The molecule has 0 aliphatic carbocycles. The summed E-state index contributed by atoms with van der Waals surface area (Å²) in [4.78, 5) is 8.41. The third-order valence-electron chi connectivity index (χ3n) is 2.73. The average Bonchev–Trinajstić information content (AvgIpc) is 2.38. The minimum absolute atomic E-state index is 0.225. The van der Waals surface area contributed by atoms with Crippen LogP contribution in [0, 0.1) is 5.82 Å². The third-order valence-corrected chi connectivity index (χ3v) is 3.28. The lowest BCUT2D eigenvalue weighted by Crippen LogP contribution is -2.01. The van der Waals surface area contributed by atoms with Crippen molar-refractivity contribution >= 4 is 23.2 Å². The van der Waals surface area contributed by atoms with E-state index < -0.39 is 0 Å². The van der Waals surface area contributed by atoms with Gasteiger partial charge in [-0.05, 0) is 24.1 Å². The average molecular weight is 315 g/mol. The van der Waals surface area contributed by atoms with Gasteiger partial charge in [-0.2, -0.15) is 0 Å². The van der Waals surface area contributed by atoms with Crippen molar-refractivity contribution in [2.75, 3.05) is 13.7 Å².